The van der Waals surface area contributed by atoms with E-state index in [1.54, 1.807) is 7.11 Å². The number of hydrogen-bond acceptors (Lipinski definition) is 3. The first-order valence-electron chi connectivity index (χ1n) is 5.14. The SMILES string of the molecule is COc1ccc2c(c1)OC(C)(C)CC2N.Cl. The zero-order valence-corrected chi connectivity index (χ0v) is 10.6. The molecule has 0 amide bonds. The summed E-state index contributed by atoms with van der Waals surface area (Å²) in [7, 11) is 1.65. The van der Waals surface area contributed by atoms with Crippen molar-refractivity contribution in [2.24, 2.45) is 5.73 Å². The molecule has 0 spiro atoms. The van der Waals surface area contributed by atoms with E-state index < -0.39 is 0 Å². The Bertz CT molecular complexity index is 379. The monoisotopic (exact) mass is 243 g/mol. The van der Waals surface area contributed by atoms with Crippen LogP contribution in [0.15, 0.2) is 18.2 Å². The highest BCUT2D eigenvalue weighted by atomic mass is 35.5. The van der Waals surface area contributed by atoms with E-state index in [4.69, 9.17) is 15.2 Å². The predicted octanol–water partition coefficient (Wildman–Crippen LogP) is 2.68. The molecule has 0 fully saturated rings. The summed E-state index contributed by atoms with van der Waals surface area (Å²) >= 11 is 0. The van der Waals surface area contributed by atoms with Crippen LogP contribution >= 0.6 is 12.4 Å². The van der Waals surface area contributed by atoms with Crippen molar-refractivity contribution in [2.75, 3.05) is 7.11 Å². The lowest BCUT2D eigenvalue weighted by atomic mass is 9.90. The third-order valence-electron chi connectivity index (χ3n) is 2.72. The zero-order chi connectivity index (χ0) is 11.1. The van der Waals surface area contributed by atoms with Crippen molar-refractivity contribution in [2.45, 2.75) is 31.9 Å². The minimum absolute atomic E-state index is 0. The van der Waals surface area contributed by atoms with E-state index in [2.05, 4.69) is 13.8 Å². The summed E-state index contributed by atoms with van der Waals surface area (Å²) in [4.78, 5) is 0. The highest BCUT2D eigenvalue weighted by Gasteiger charge is 2.31. The molecular formula is C12H18ClNO2. The number of fused-ring (bicyclic) bond motifs is 1. The van der Waals surface area contributed by atoms with Crippen LogP contribution < -0.4 is 15.2 Å². The molecule has 1 aromatic carbocycles. The third kappa shape index (κ3) is 2.42. The largest absolute Gasteiger partial charge is 0.497 e. The van der Waals surface area contributed by atoms with E-state index in [-0.39, 0.29) is 24.0 Å². The van der Waals surface area contributed by atoms with Crippen molar-refractivity contribution < 1.29 is 9.47 Å². The maximum absolute atomic E-state index is 6.09. The molecule has 0 bridgehead atoms. The first kappa shape index (κ1) is 13.1. The van der Waals surface area contributed by atoms with Gasteiger partial charge in [-0.2, -0.15) is 0 Å². The topological polar surface area (TPSA) is 44.5 Å². The molecule has 0 aromatic heterocycles. The fraction of sp³-hybridized carbons (Fsp3) is 0.500. The van der Waals surface area contributed by atoms with Crippen molar-refractivity contribution in [1.29, 1.82) is 0 Å². The van der Waals surface area contributed by atoms with Crippen molar-refractivity contribution in [1.82, 2.24) is 0 Å². The Balaban J connectivity index is 0.00000128. The number of hydrogen-bond donors (Lipinski definition) is 1. The molecule has 90 valence electrons. The molecule has 1 atom stereocenters. The van der Waals surface area contributed by atoms with Gasteiger partial charge in [0, 0.05) is 24.1 Å². The van der Waals surface area contributed by atoms with Crippen LogP contribution in [0.4, 0.5) is 0 Å². The Morgan fingerprint density at radius 3 is 2.75 bits per heavy atom. The van der Waals surface area contributed by atoms with Gasteiger partial charge < -0.3 is 15.2 Å². The molecule has 0 aliphatic carbocycles. The molecule has 1 aliphatic heterocycles. The predicted molar refractivity (Wildman–Crippen MR) is 66.5 cm³/mol. The summed E-state index contributed by atoms with van der Waals surface area (Å²) in [6, 6.07) is 5.85. The molecule has 4 heteroatoms. The second kappa shape index (κ2) is 4.52. The Kier molecular flexibility index (Phi) is 3.71. The smallest absolute Gasteiger partial charge is 0.128 e. The molecule has 2 rings (SSSR count). The molecule has 3 nitrogen and oxygen atoms in total. The number of halogens is 1. The van der Waals surface area contributed by atoms with Crippen LogP contribution in [-0.4, -0.2) is 12.7 Å². The second-order valence-electron chi connectivity index (χ2n) is 4.58. The van der Waals surface area contributed by atoms with Crippen molar-refractivity contribution >= 4 is 12.4 Å². The molecule has 2 N–H and O–H groups in total. The second-order valence-corrected chi connectivity index (χ2v) is 4.58. The number of nitrogens with two attached hydrogens (primary N) is 1. The lowest BCUT2D eigenvalue weighted by Crippen LogP contribution is -2.37. The van der Waals surface area contributed by atoms with Gasteiger partial charge >= 0.3 is 0 Å². The molecule has 0 saturated heterocycles. The Morgan fingerprint density at radius 1 is 1.44 bits per heavy atom. The van der Waals surface area contributed by atoms with Gasteiger partial charge in [0.05, 0.1) is 7.11 Å². The fourth-order valence-corrected chi connectivity index (χ4v) is 2.02. The summed E-state index contributed by atoms with van der Waals surface area (Å²) in [5.74, 6) is 1.65. The van der Waals surface area contributed by atoms with E-state index in [0.717, 1.165) is 23.5 Å². The van der Waals surface area contributed by atoms with Crippen molar-refractivity contribution in [3.63, 3.8) is 0 Å². The molecule has 1 heterocycles. The molecule has 0 saturated carbocycles. The van der Waals surface area contributed by atoms with E-state index in [1.165, 1.54) is 0 Å². The third-order valence-corrected chi connectivity index (χ3v) is 2.72. The standard InChI is InChI=1S/C12H17NO2.ClH/c1-12(2)7-10(13)9-5-4-8(14-3)6-11(9)15-12;/h4-6,10H,7,13H2,1-3H3;1H. The minimum atomic E-state index is -0.196. The summed E-state index contributed by atoms with van der Waals surface area (Å²) in [5, 5.41) is 0. The first-order chi connectivity index (χ1) is 7.02. The average molecular weight is 244 g/mol. The van der Waals surface area contributed by atoms with Gasteiger partial charge in [0.15, 0.2) is 0 Å². The molecule has 1 unspecified atom stereocenters. The van der Waals surface area contributed by atoms with Gasteiger partial charge in [0.2, 0.25) is 0 Å². The average Bonchev–Trinajstić information content (AvgIpc) is 2.14. The number of benzene rings is 1. The minimum Gasteiger partial charge on any atom is -0.497 e. The first-order valence-corrected chi connectivity index (χ1v) is 5.14. The maximum atomic E-state index is 6.09. The fourth-order valence-electron chi connectivity index (χ4n) is 2.02. The lowest BCUT2D eigenvalue weighted by Gasteiger charge is -2.36. The summed E-state index contributed by atoms with van der Waals surface area (Å²) in [6.07, 6.45) is 0.840. The van der Waals surface area contributed by atoms with Crippen LogP contribution in [0.5, 0.6) is 11.5 Å². The van der Waals surface area contributed by atoms with Gasteiger partial charge in [-0.05, 0) is 19.9 Å². The number of methoxy groups -OCH3 is 1. The number of rotatable bonds is 1. The quantitative estimate of drug-likeness (QED) is 0.825. The summed E-state index contributed by atoms with van der Waals surface area (Å²) in [5.41, 5.74) is 6.96. The van der Waals surface area contributed by atoms with Crippen LogP contribution in [0.1, 0.15) is 31.9 Å². The van der Waals surface area contributed by atoms with Gasteiger partial charge in [0.25, 0.3) is 0 Å². The van der Waals surface area contributed by atoms with Crippen LogP contribution in [0.2, 0.25) is 0 Å². The van der Waals surface area contributed by atoms with E-state index in [9.17, 15) is 0 Å². The normalized spacial score (nSPS) is 21.4. The highest BCUT2D eigenvalue weighted by Crippen LogP contribution is 2.39. The Labute approximate surface area is 102 Å². The Hall–Kier alpha value is -0.930. The van der Waals surface area contributed by atoms with Crippen molar-refractivity contribution in [3.8, 4) is 11.5 Å². The lowest BCUT2D eigenvalue weighted by molar-refractivity contribution is 0.0725. The van der Waals surface area contributed by atoms with Gasteiger partial charge in [-0.1, -0.05) is 6.07 Å². The molecule has 1 aliphatic rings. The van der Waals surface area contributed by atoms with Gasteiger partial charge in [-0.25, -0.2) is 0 Å². The maximum Gasteiger partial charge on any atom is 0.128 e. The molecule has 1 aromatic rings. The molecular weight excluding hydrogens is 226 g/mol. The van der Waals surface area contributed by atoms with E-state index in [1.807, 2.05) is 18.2 Å². The summed E-state index contributed by atoms with van der Waals surface area (Å²) < 4.78 is 11.0. The zero-order valence-electron chi connectivity index (χ0n) is 9.82. The van der Waals surface area contributed by atoms with Gasteiger partial charge in [-0.3, -0.25) is 0 Å². The van der Waals surface area contributed by atoms with Crippen LogP contribution in [0, 0.1) is 0 Å². The highest BCUT2D eigenvalue weighted by molar-refractivity contribution is 5.85. The van der Waals surface area contributed by atoms with Gasteiger partial charge in [0.1, 0.15) is 17.1 Å². The Morgan fingerprint density at radius 2 is 2.12 bits per heavy atom. The van der Waals surface area contributed by atoms with Crippen LogP contribution in [0.3, 0.4) is 0 Å². The van der Waals surface area contributed by atoms with Crippen LogP contribution in [-0.2, 0) is 0 Å². The van der Waals surface area contributed by atoms with Crippen LogP contribution in [0.25, 0.3) is 0 Å². The van der Waals surface area contributed by atoms with E-state index in [0.29, 0.717) is 0 Å². The van der Waals surface area contributed by atoms with Gasteiger partial charge in [-0.15, -0.1) is 12.4 Å². The molecule has 16 heavy (non-hydrogen) atoms. The number of ether oxygens (including phenoxy) is 2. The van der Waals surface area contributed by atoms with Crippen molar-refractivity contribution in [3.05, 3.63) is 23.8 Å². The van der Waals surface area contributed by atoms with E-state index >= 15 is 0 Å². The molecule has 0 radical (unpaired) electrons. The summed E-state index contributed by atoms with van der Waals surface area (Å²) in [6.45, 7) is 4.10.